The fourth-order valence-corrected chi connectivity index (χ4v) is 6.11. The number of carboxylic acids is 1. The van der Waals surface area contributed by atoms with Crippen molar-refractivity contribution in [3.8, 4) is 0 Å². The van der Waals surface area contributed by atoms with Crippen LogP contribution in [0.5, 0.6) is 0 Å². The zero-order valence-corrected chi connectivity index (χ0v) is 35.1. The van der Waals surface area contributed by atoms with E-state index < -0.39 is 29.7 Å². The van der Waals surface area contributed by atoms with Gasteiger partial charge < -0.3 is 59.6 Å². The van der Waals surface area contributed by atoms with Crippen molar-refractivity contribution in [1.82, 2.24) is 21.3 Å². The summed E-state index contributed by atoms with van der Waals surface area (Å²) < 4.78 is 31.6. The first-order chi connectivity index (χ1) is 28.7. The number of carboxylic acid groups (broad SMARTS) is 1. The van der Waals surface area contributed by atoms with E-state index in [0.717, 1.165) is 38.5 Å². The van der Waals surface area contributed by atoms with Gasteiger partial charge in [0, 0.05) is 32.5 Å². The Morgan fingerprint density at radius 2 is 0.966 bits per heavy atom. The fraction of sp³-hybridized carbons (Fsp3) is 0.829. The topological polar surface area (TPSA) is 243 Å². The first-order valence-corrected chi connectivity index (χ1v) is 21.5. The lowest BCUT2D eigenvalue weighted by molar-refractivity contribution is -0.143. The lowest BCUT2D eigenvalue weighted by Gasteiger charge is -2.21. The zero-order chi connectivity index (χ0) is 43.0. The van der Waals surface area contributed by atoms with Crippen LogP contribution in [-0.2, 0) is 62.0 Å². The molecule has 0 aromatic heterocycles. The SMILES string of the molecule is O=CCOCCOCCNC(=O)COCCOCCNC(=O)COCCOCCNC(=O)C1C[C@@H](C(=O)O)NC(=O)CCCCCCCCCCCCCCCCC1=O. The molecule has 18 nitrogen and oxygen atoms in total. The molecule has 1 saturated heterocycles. The molecule has 0 saturated carbocycles. The second-order valence-electron chi connectivity index (χ2n) is 14.3. The van der Waals surface area contributed by atoms with Crippen molar-refractivity contribution < 1.29 is 67.1 Å². The van der Waals surface area contributed by atoms with Crippen molar-refractivity contribution in [2.24, 2.45) is 5.92 Å². The van der Waals surface area contributed by atoms with Gasteiger partial charge in [0.1, 0.15) is 37.9 Å². The average molecular weight is 845 g/mol. The van der Waals surface area contributed by atoms with E-state index in [0.29, 0.717) is 45.5 Å². The second kappa shape index (κ2) is 38.6. The highest BCUT2D eigenvalue weighted by atomic mass is 16.5. The molecule has 2 atom stereocenters. The Bertz CT molecular complexity index is 1160. The molecular weight excluding hydrogens is 772 g/mol. The minimum atomic E-state index is -1.36. The van der Waals surface area contributed by atoms with Crippen LogP contribution < -0.4 is 21.3 Å². The predicted molar refractivity (Wildman–Crippen MR) is 217 cm³/mol. The molecule has 340 valence electrons. The molecule has 0 aromatic carbocycles. The van der Waals surface area contributed by atoms with E-state index in [-0.39, 0.29) is 109 Å². The number of aliphatic carboxylic acids is 1. The van der Waals surface area contributed by atoms with Crippen LogP contribution in [0.15, 0.2) is 0 Å². The Hall–Kier alpha value is -3.55. The van der Waals surface area contributed by atoms with Crippen molar-refractivity contribution in [3.63, 3.8) is 0 Å². The van der Waals surface area contributed by atoms with Crippen molar-refractivity contribution in [3.05, 3.63) is 0 Å². The third-order valence-corrected chi connectivity index (χ3v) is 9.34. The molecule has 0 aliphatic carbocycles. The first-order valence-electron chi connectivity index (χ1n) is 21.5. The van der Waals surface area contributed by atoms with E-state index in [1.807, 2.05) is 0 Å². The van der Waals surface area contributed by atoms with Crippen LogP contribution in [0.25, 0.3) is 0 Å². The molecule has 18 heteroatoms. The number of aldehydes is 1. The number of rotatable bonds is 26. The minimum absolute atomic E-state index is 0.0257. The molecule has 0 aromatic rings. The highest BCUT2D eigenvalue weighted by molar-refractivity contribution is 6.02. The Labute approximate surface area is 349 Å². The van der Waals surface area contributed by atoms with Crippen LogP contribution in [0.4, 0.5) is 0 Å². The van der Waals surface area contributed by atoms with Crippen LogP contribution in [0.3, 0.4) is 0 Å². The summed E-state index contributed by atoms with van der Waals surface area (Å²) in [6.45, 7) is 2.31. The minimum Gasteiger partial charge on any atom is -0.480 e. The molecule has 59 heavy (non-hydrogen) atoms. The second-order valence-corrected chi connectivity index (χ2v) is 14.3. The Morgan fingerprint density at radius 1 is 0.559 bits per heavy atom. The quantitative estimate of drug-likeness (QED) is 0.0476. The van der Waals surface area contributed by atoms with Crippen LogP contribution in [0, 0.1) is 5.92 Å². The number of nitrogens with one attached hydrogen (secondary N) is 4. The molecule has 1 fully saturated rings. The number of carbonyl (C=O) groups excluding carboxylic acids is 6. The summed E-state index contributed by atoms with van der Waals surface area (Å²) in [4.78, 5) is 85.0. The van der Waals surface area contributed by atoms with Crippen molar-refractivity contribution in [1.29, 1.82) is 0 Å². The number of hydrogen-bond donors (Lipinski definition) is 5. The summed E-state index contributed by atoms with van der Waals surface area (Å²) in [5.41, 5.74) is 0. The van der Waals surface area contributed by atoms with Gasteiger partial charge in [0.15, 0.2) is 0 Å². The van der Waals surface area contributed by atoms with Crippen LogP contribution in [0.2, 0.25) is 0 Å². The molecule has 1 aliphatic heterocycles. The molecule has 1 rings (SSSR count). The van der Waals surface area contributed by atoms with E-state index in [1.54, 1.807) is 0 Å². The summed E-state index contributed by atoms with van der Waals surface area (Å²) in [7, 11) is 0. The number of ketones is 1. The van der Waals surface area contributed by atoms with Gasteiger partial charge >= 0.3 is 5.97 Å². The van der Waals surface area contributed by atoms with Crippen molar-refractivity contribution in [2.75, 3.05) is 98.9 Å². The summed E-state index contributed by atoms with van der Waals surface area (Å²) in [5, 5.41) is 20.4. The lowest BCUT2D eigenvalue weighted by atomic mass is 9.91. The van der Waals surface area contributed by atoms with E-state index in [1.165, 1.54) is 38.5 Å². The Balaban J connectivity index is 2.26. The van der Waals surface area contributed by atoms with Gasteiger partial charge in [-0.3, -0.25) is 24.0 Å². The van der Waals surface area contributed by atoms with Gasteiger partial charge in [-0.15, -0.1) is 0 Å². The van der Waals surface area contributed by atoms with Gasteiger partial charge in [-0.1, -0.05) is 77.0 Å². The van der Waals surface area contributed by atoms with Gasteiger partial charge in [-0.25, -0.2) is 4.79 Å². The maximum Gasteiger partial charge on any atom is 0.326 e. The molecular formula is C41H72N4O14. The monoisotopic (exact) mass is 845 g/mol. The highest BCUT2D eigenvalue weighted by Crippen LogP contribution is 2.17. The van der Waals surface area contributed by atoms with Crippen molar-refractivity contribution in [2.45, 2.75) is 115 Å². The van der Waals surface area contributed by atoms with Gasteiger partial charge in [-0.05, 0) is 19.3 Å². The smallest absolute Gasteiger partial charge is 0.326 e. The number of Topliss-reactive ketones (excluding diaryl/α,β-unsaturated/α-hetero) is 1. The van der Waals surface area contributed by atoms with E-state index in [2.05, 4.69) is 21.3 Å². The van der Waals surface area contributed by atoms with Gasteiger partial charge in [0.05, 0.1) is 65.4 Å². The number of amides is 4. The summed E-state index contributed by atoms with van der Waals surface area (Å²) in [6.07, 6.45) is 15.3. The molecule has 1 aliphatic rings. The van der Waals surface area contributed by atoms with Crippen LogP contribution in [0.1, 0.15) is 109 Å². The zero-order valence-electron chi connectivity index (χ0n) is 35.1. The van der Waals surface area contributed by atoms with E-state index in [4.69, 9.17) is 28.4 Å². The van der Waals surface area contributed by atoms with E-state index in [9.17, 15) is 38.7 Å². The number of carbonyl (C=O) groups is 7. The number of ether oxygens (including phenoxy) is 6. The number of hydrogen-bond acceptors (Lipinski definition) is 13. The highest BCUT2D eigenvalue weighted by Gasteiger charge is 2.32. The van der Waals surface area contributed by atoms with Gasteiger partial charge in [-0.2, -0.15) is 0 Å². The first kappa shape index (κ1) is 53.5. The maximum absolute atomic E-state index is 13.3. The third kappa shape index (κ3) is 32.9. The van der Waals surface area contributed by atoms with E-state index >= 15 is 0 Å². The normalized spacial score (nSPS) is 18.4. The largest absolute Gasteiger partial charge is 0.480 e. The maximum atomic E-state index is 13.3. The van der Waals surface area contributed by atoms with Crippen LogP contribution >= 0.6 is 0 Å². The fourth-order valence-electron chi connectivity index (χ4n) is 6.11. The third-order valence-electron chi connectivity index (χ3n) is 9.34. The van der Waals surface area contributed by atoms with Crippen LogP contribution in [-0.4, -0.2) is 152 Å². The summed E-state index contributed by atoms with van der Waals surface area (Å²) >= 11 is 0. The lowest BCUT2D eigenvalue weighted by Crippen LogP contribution is -2.46. The molecule has 5 N–H and O–H groups in total. The molecule has 0 spiro atoms. The Morgan fingerprint density at radius 3 is 1.42 bits per heavy atom. The molecule has 0 radical (unpaired) electrons. The summed E-state index contributed by atoms with van der Waals surface area (Å²) in [6, 6.07) is -1.36. The molecule has 0 bridgehead atoms. The Kier molecular flexibility index (Phi) is 35.0. The molecule has 4 amide bonds. The van der Waals surface area contributed by atoms with Gasteiger partial charge in [0.25, 0.3) is 0 Å². The predicted octanol–water partition coefficient (Wildman–Crippen LogP) is 2.03. The molecule has 1 heterocycles. The van der Waals surface area contributed by atoms with Crippen molar-refractivity contribution >= 4 is 41.7 Å². The standard InChI is InChI=1S/C41H72N4O14/c46-20-24-57-26-25-54-21-17-42-38(49)32-58-29-27-55-22-18-43-39(50)33-59-30-28-56-23-19-44-40(51)34-31-35(41(52)53)45-37(48)16-14-12-10-8-6-4-2-1-3-5-7-9-11-13-15-36(34)47/h20,34-35H,1-19,21-33H2,(H,42,49)(H,43,50)(H,44,51)(H,45,48)(H,52,53)/t34?,35-/m0/s1. The van der Waals surface area contributed by atoms with Gasteiger partial charge in [0.2, 0.25) is 23.6 Å². The molecule has 1 unspecified atom stereocenters. The average Bonchev–Trinajstić information content (AvgIpc) is 3.21. The summed E-state index contributed by atoms with van der Waals surface area (Å²) in [5.74, 6) is -4.50.